The maximum Gasteiger partial charge on any atom is 0.228 e. The van der Waals surface area contributed by atoms with Crippen molar-refractivity contribution in [3.8, 4) is 11.3 Å². The summed E-state index contributed by atoms with van der Waals surface area (Å²) in [6.45, 7) is 4.75. The second kappa shape index (κ2) is 8.94. The van der Waals surface area contributed by atoms with Gasteiger partial charge in [-0.25, -0.2) is 0 Å². The first-order valence-corrected chi connectivity index (χ1v) is 11.6. The van der Waals surface area contributed by atoms with E-state index in [1.165, 1.54) is 5.56 Å². The zero-order chi connectivity index (χ0) is 22.8. The molecule has 0 bridgehead atoms. The Hall–Kier alpha value is -3.26. The number of anilines is 1. The molecule has 0 atom stereocenters. The van der Waals surface area contributed by atoms with E-state index in [0.717, 1.165) is 63.2 Å². The molecule has 8 nitrogen and oxygen atoms in total. The standard InChI is InChI=1S/C25H31N7O/c1-30-16-19(14-28-30)17-31-10-6-25(7-11-31)8-12-32(18-25)24(33)13-23-21(26)4-5-22(29-23)20-3-2-9-27-15-20/h2-5,9,14-16H,6-8,10-13,17-18,26H2,1H3. The molecule has 0 aliphatic carbocycles. The van der Waals surface area contributed by atoms with Crippen LogP contribution in [-0.2, 0) is 24.8 Å². The fourth-order valence-corrected chi connectivity index (χ4v) is 5.14. The van der Waals surface area contributed by atoms with Gasteiger partial charge < -0.3 is 10.6 Å². The Bertz CT molecular complexity index is 1120. The van der Waals surface area contributed by atoms with Gasteiger partial charge in [-0.15, -0.1) is 0 Å². The van der Waals surface area contributed by atoms with Gasteiger partial charge in [0, 0.05) is 56.4 Å². The molecule has 2 saturated heterocycles. The first-order valence-electron chi connectivity index (χ1n) is 11.6. The minimum absolute atomic E-state index is 0.118. The van der Waals surface area contributed by atoms with E-state index in [0.29, 0.717) is 11.4 Å². The highest BCUT2D eigenvalue weighted by Gasteiger charge is 2.42. The first-order chi connectivity index (χ1) is 16.0. The number of hydrogen-bond donors (Lipinski definition) is 1. The monoisotopic (exact) mass is 445 g/mol. The van der Waals surface area contributed by atoms with Crippen LogP contribution in [0.4, 0.5) is 5.69 Å². The molecule has 1 amide bonds. The van der Waals surface area contributed by atoms with E-state index in [9.17, 15) is 4.79 Å². The number of nitrogen functional groups attached to an aromatic ring is 1. The van der Waals surface area contributed by atoms with Gasteiger partial charge in [0.15, 0.2) is 0 Å². The topological polar surface area (TPSA) is 93.2 Å². The molecule has 3 aromatic rings. The molecule has 5 heterocycles. The molecule has 0 unspecified atom stereocenters. The van der Waals surface area contributed by atoms with Crippen LogP contribution in [0.1, 0.15) is 30.5 Å². The Balaban J connectivity index is 1.19. The van der Waals surface area contributed by atoms with Gasteiger partial charge in [0.1, 0.15) is 0 Å². The fourth-order valence-electron chi connectivity index (χ4n) is 5.14. The number of nitrogens with zero attached hydrogens (tertiary/aromatic N) is 6. The normalized spacial score (nSPS) is 18.2. The van der Waals surface area contributed by atoms with Gasteiger partial charge in [-0.2, -0.15) is 5.10 Å². The number of aryl methyl sites for hydroxylation is 1. The first kappa shape index (κ1) is 21.6. The van der Waals surface area contributed by atoms with Crippen molar-refractivity contribution < 1.29 is 4.79 Å². The summed E-state index contributed by atoms with van der Waals surface area (Å²) in [5.74, 6) is 0.118. The molecule has 0 aromatic carbocycles. The second-order valence-corrected chi connectivity index (χ2v) is 9.51. The van der Waals surface area contributed by atoms with Crippen molar-refractivity contribution in [2.75, 3.05) is 31.9 Å². The molecule has 2 N–H and O–H groups in total. The number of carbonyl (C=O) groups excluding carboxylic acids is 1. The summed E-state index contributed by atoms with van der Waals surface area (Å²) in [7, 11) is 1.96. The summed E-state index contributed by atoms with van der Waals surface area (Å²) >= 11 is 0. The van der Waals surface area contributed by atoms with Crippen molar-refractivity contribution >= 4 is 11.6 Å². The SMILES string of the molecule is Cn1cc(CN2CCC3(CC2)CCN(C(=O)Cc2nc(-c4cccnc4)ccc2N)C3)cn1. The summed E-state index contributed by atoms with van der Waals surface area (Å²) in [5.41, 5.74) is 10.6. The molecule has 3 aromatic heterocycles. The molecule has 2 aliphatic heterocycles. The maximum absolute atomic E-state index is 13.1. The highest BCUT2D eigenvalue weighted by molar-refractivity contribution is 5.80. The van der Waals surface area contributed by atoms with E-state index in [4.69, 9.17) is 5.73 Å². The van der Waals surface area contributed by atoms with Crippen molar-refractivity contribution in [2.24, 2.45) is 12.5 Å². The van der Waals surface area contributed by atoms with Crippen LogP contribution in [0.3, 0.4) is 0 Å². The lowest BCUT2D eigenvalue weighted by molar-refractivity contribution is -0.130. The Morgan fingerprint density at radius 1 is 1.12 bits per heavy atom. The number of amides is 1. The van der Waals surface area contributed by atoms with Gasteiger partial charge in [0.2, 0.25) is 5.91 Å². The van der Waals surface area contributed by atoms with E-state index in [2.05, 4.69) is 26.2 Å². The summed E-state index contributed by atoms with van der Waals surface area (Å²) in [6.07, 6.45) is 11.1. The van der Waals surface area contributed by atoms with Crippen LogP contribution in [0.15, 0.2) is 49.1 Å². The third kappa shape index (κ3) is 4.75. The molecule has 172 valence electrons. The Labute approximate surface area is 194 Å². The lowest BCUT2D eigenvalue weighted by Gasteiger charge is -2.39. The molecular weight excluding hydrogens is 414 g/mol. The molecule has 8 heteroatoms. The number of carbonyl (C=O) groups is 1. The summed E-state index contributed by atoms with van der Waals surface area (Å²) in [6, 6.07) is 7.55. The molecule has 1 spiro atoms. The van der Waals surface area contributed by atoms with Crippen LogP contribution in [0.2, 0.25) is 0 Å². The average Bonchev–Trinajstić information content (AvgIpc) is 3.44. The lowest BCUT2D eigenvalue weighted by atomic mass is 9.77. The van der Waals surface area contributed by atoms with Crippen molar-refractivity contribution in [1.29, 1.82) is 0 Å². The lowest BCUT2D eigenvalue weighted by Crippen LogP contribution is -2.42. The van der Waals surface area contributed by atoms with Crippen LogP contribution < -0.4 is 5.73 Å². The summed E-state index contributed by atoms with van der Waals surface area (Å²) in [5, 5.41) is 4.27. The Kier molecular flexibility index (Phi) is 5.85. The third-order valence-electron chi connectivity index (χ3n) is 7.16. The van der Waals surface area contributed by atoms with Crippen LogP contribution in [0, 0.1) is 5.41 Å². The van der Waals surface area contributed by atoms with Gasteiger partial charge in [0.25, 0.3) is 0 Å². The fraction of sp³-hybridized carbons (Fsp3) is 0.440. The van der Waals surface area contributed by atoms with E-state index in [-0.39, 0.29) is 17.7 Å². The van der Waals surface area contributed by atoms with E-state index < -0.39 is 0 Å². The van der Waals surface area contributed by atoms with Crippen LogP contribution in [-0.4, -0.2) is 61.6 Å². The van der Waals surface area contributed by atoms with Crippen molar-refractivity contribution in [2.45, 2.75) is 32.2 Å². The average molecular weight is 446 g/mol. The number of pyridine rings is 2. The summed E-state index contributed by atoms with van der Waals surface area (Å²) in [4.78, 5) is 26.5. The van der Waals surface area contributed by atoms with Gasteiger partial charge >= 0.3 is 0 Å². The number of nitrogens with two attached hydrogens (primary N) is 1. The van der Waals surface area contributed by atoms with Gasteiger partial charge in [-0.05, 0) is 62.0 Å². The molecular formula is C25H31N7O. The highest BCUT2D eigenvalue weighted by Crippen LogP contribution is 2.40. The Morgan fingerprint density at radius 2 is 1.94 bits per heavy atom. The predicted molar refractivity (Wildman–Crippen MR) is 127 cm³/mol. The summed E-state index contributed by atoms with van der Waals surface area (Å²) < 4.78 is 1.86. The highest BCUT2D eigenvalue weighted by atomic mass is 16.2. The van der Waals surface area contributed by atoms with E-state index in [1.54, 1.807) is 12.4 Å². The number of likely N-dealkylation sites (tertiary alicyclic amines) is 2. The zero-order valence-corrected chi connectivity index (χ0v) is 19.2. The van der Waals surface area contributed by atoms with Gasteiger partial charge in [-0.1, -0.05) is 0 Å². The van der Waals surface area contributed by atoms with Crippen molar-refractivity contribution in [3.63, 3.8) is 0 Å². The quantitative estimate of drug-likeness (QED) is 0.649. The molecule has 5 rings (SSSR count). The minimum Gasteiger partial charge on any atom is -0.397 e. The zero-order valence-electron chi connectivity index (χ0n) is 19.2. The second-order valence-electron chi connectivity index (χ2n) is 9.51. The predicted octanol–water partition coefficient (Wildman–Crippen LogP) is 2.52. The number of piperidine rings is 1. The van der Waals surface area contributed by atoms with Crippen LogP contribution >= 0.6 is 0 Å². The molecule has 0 radical (unpaired) electrons. The van der Waals surface area contributed by atoms with Crippen LogP contribution in [0.5, 0.6) is 0 Å². The van der Waals surface area contributed by atoms with E-state index in [1.807, 2.05) is 47.1 Å². The number of rotatable bonds is 5. The molecule has 2 aliphatic rings. The van der Waals surface area contributed by atoms with Gasteiger partial charge in [0.05, 0.1) is 29.7 Å². The smallest absolute Gasteiger partial charge is 0.228 e. The maximum atomic E-state index is 13.1. The van der Waals surface area contributed by atoms with Crippen LogP contribution in [0.25, 0.3) is 11.3 Å². The van der Waals surface area contributed by atoms with Crippen molar-refractivity contribution in [3.05, 3.63) is 60.3 Å². The molecule has 33 heavy (non-hydrogen) atoms. The minimum atomic E-state index is 0.118. The van der Waals surface area contributed by atoms with Gasteiger partial charge in [-0.3, -0.25) is 24.3 Å². The Morgan fingerprint density at radius 3 is 2.67 bits per heavy atom. The van der Waals surface area contributed by atoms with E-state index >= 15 is 0 Å². The molecule has 0 saturated carbocycles. The number of aromatic nitrogens is 4. The number of hydrogen-bond acceptors (Lipinski definition) is 6. The van der Waals surface area contributed by atoms with Crippen molar-refractivity contribution in [1.82, 2.24) is 29.5 Å². The third-order valence-corrected chi connectivity index (χ3v) is 7.16. The molecule has 2 fully saturated rings. The largest absolute Gasteiger partial charge is 0.397 e.